The van der Waals surface area contributed by atoms with E-state index in [-0.39, 0.29) is 29.9 Å². The SMILES string of the molecule is CCNC(=O)CN(CC)c1nc(N)ncc1[N+](=O)[O-]. The van der Waals surface area contributed by atoms with Gasteiger partial charge >= 0.3 is 5.69 Å². The third kappa shape index (κ3) is 3.76. The Morgan fingerprint density at radius 2 is 2.26 bits per heavy atom. The highest BCUT2D eigenvalue weighted by Gasteiger charge is 2.23. The number of nitrogen functional groups attached to an aromatic ring is 1. The van der Waals surface area contributed by atoms with Gasteiger partial charge in [0.25, 0.3) is 0 Å². The van der Waals surface area contributed by atoms with Crippen molar-refractivity contribution in [3.05, 3.63) is 16.3 Å². The minimum absolute atomic E-state index is 0.0262. The van der Waals surface area contributed by atoms with Crippen LogP contribution in [0.5, 0.6) is 0 Å². The van der Waals surface area contributed by atoms with Crippen molar-refractivity contribution in [3.63, 3.8) is 0 Å². The number of hydrogen-bond donors (Lipinski definition) is 2. The molecule has 0 aromatic carbocycles. The van der Waals surface area contributed by atoms with Crippen LogP contribution in [0.25, 0.3) is 0 Å². The molecule has 9 nitrogen and oxygen atoms in total. The maximum Gasteiger partial charge on any atom is 0.329 e. The number of nitrogens with one attached hydrogen (secondary N) is 1. The van der Waals surface area contributed by atoms with E-state index in [1.54, 1.807) is 13.8 Å². The van der Waals surface area contributed by atoms with Crippen molar-refractivity contribution in [1.82, 2.24) is 15.3 Å². The molecule has 1 aromatic heterocycles. The van der Waals surface area contributed by atoms with Gasteiger partial charge < -0.3 is 16.0 Å². The lowest BCUT2D eigenvalue weighted by Gasteiger charge is -2.20. The van der Waals surface area contributed by atoms with E-state index in [9.17, 15) is 14.9 Å². The number of amides is 1. The average Bonchev–Trinajstić information content (AvgIpc) is 2.35. The number of anilines is 2. The third-order valence-electron chi connectivity index (χ3n) is 2.36. The van der Waals surface area contributed by atoms with Gasteiger partial charge in [-0.25, -0.2) is 4.98 Å². The zero-order valence-corrected chi connectivity index (χ0v) is 10.8. The summed E-state index contributed by atoms with van der Waals surface area (Å²) in [5, 5.41) is 13.5. The molecule has 0 aliphatic carbocycles. The molecule has 0 radical (unpaired) electrons. The highest BCUT2D eigenvalue weighted by atomic mass is 16.6. The van der Waals surface area contributed by atoms with Gasteiger partial charge in [-0.05, 0) is 13.8 Å². The van der Waals surface area contributed by atoms with Crippen LogP contribution in [0.15, 0.2) is 6.20 Å². The van der Waals surface area contributed by atoms with E-state index in [2.05, 4.69) is 15.3 Å². The van der Waals surface area contributed by atoms with E-state index in [1.807, 2.05) is 0 Å². The van der Waals surface area contributed by atoms with Gasteiger partial charge in [0.2, 0.25) is 17.7 Å². The standard InChI is InChI=1S/C10H16N6O3/c1-3-12-8(17)6-15(4-2)9-7(16(18)19)5-13-10(11)14-9/h5H,3-4,6H2,1-2H3,(H,12,17)(H2,11,13,14). The van der Waals surface area contributed by atoms with E-state index in [0.717, 1.165) is 6.20 Å². The summed E-state index contributed by atoms with van der Waals surface area (Å²) in [7, 11) is 0. The first kappa shape index (κ1) is 14.6. The van der Waals surface area contributed by atoms with Crippen LogP contribution in [0.1, 0.15) is 13.8 Å². The van der Waals surface area contributed by atoms with Crippen molar-refractivity contribution in [2.75, 3.05) is 30.3 Å². The minimum Gasteiger partial charge on any atom is -0.368 e. The predicted octanol–water partition coefficient (Wildman–Crippen LogP) is -0.0706. The highest BCUT2D eigenvalue weighted by Crippen LogP contribution is 2.24. The number of rotatable bonds is 6. The molecule has 0 bridgehead atoms. The second-order valence-corrected chi connectivity index (χ2v) is 3.66. The largest absolute Gasteiger partial charge is 0.368 e. The van der Waals surface area contributed by atoms with E-state index < -0.39 is 4.92 Å². The molecule has 0 aliphatic heterocycles. The van der Waals surface area contributed by atoms with Crippen LogP contribution in [0.4, 0.5) is 17.5 Å². The van der Waals surface area contributed by atoms with Gasteiger partial charge in [0.1, 0.15) is 6.20 Å². The maximum absolute atomic E-state index is 11.6. The van der Waals surface area contributed by atoms with Gasteiger partial charge in [0, 0.05) is 13.1 Å². The summed E-state index contributed by atoms with van der Waals surface area (Å²) in [6.45, 7) is 4.40. The Hall–Kier alpha value is -2.45. The number of nitro groups is 1. The van der Waals surface area contributed by atoms with Crippen LogP contribution in [-0.4, -0.2) is 40.4 Å². The molecule has 1 aromatic rings. The second kappa shape index (κ2) is 6.47. The first-order valence-electron chi connectivity index (χ1n) is 5.78. The molecule has 0 saturated carbocycles. The molecule has 1 heterocycles. The molecule has 0 spiro atoms. The van der Waals surface area contributed by atoms with Gasteiger partial charge in [-0.2, -0.15) is 4.98 Å². The number of nitrogens with zero attached hydrogens (tertiary/aromatic N) is 4. The summed E-state index contributed by atoms with van der Waals surface area (Å²) in [6, 6.07) is 0. The maximum atomic E-state index is 11.6. The van der Waals surface area contributed by atoms with Crippen molar-refractivity contribution in [3.8, 4) is 0 Å². The molecule has 3 N–H and O–H groups in total. The van der Waals surface area contributed by atoms with Crippen molar-refractivity contribution < 1.29 is 9.72 Å². The van der Waals surface area contributed by atoms with Gasteiger partial charge in [-0.15, -0.1) is 0 Å². The zero-order valence-electron chi connectivity index (χ0n) is 10.8. The summed E-state index contributed by atoms with van der Waals surface area (Å²) in [5.74, 6) is -0.267. The fourth-order valence-electron chi connectivity index (χ4n) is 1.50. The van der Waals surface area contributed by atoms with E-state index >= 15 is 0 Å². The smallest absolute Gasteiger partial charge is 0.329 e. The number of nitrogens with two attached hydrogens (primary N) is 1. The Labute approximate surface area is 110 Å². The van der Waals surface area contributed by atoms with Crippen LogP contribution in [-0.2, 0) is 4.79 Å². The quantitative estimate of drug-likeness (QED) is 0.546. The van der Waals surface area contributed by atoms with E-state index in [4.69, 9.17) is 5.73 Å². The molecule has 1 amide bonds. The summed E-state index contributed by atoms with van der Waals surface area (Å²) < 4.78 is 0. The van der Waals surface area contributed by atoms with E-state index in [0.29, 0.717) is 13.1 Å². The molecule has 0 atom stereocenters. The lowest BCUT2D eigenvalue weighted by Crippen LogP contribution is -2.38. The summed E-state index contributed by atoms with van der Waals surface area (Å²) in [6.07, 6.45) is 1.04. The molecule has 19 heavy (non-hydrogen) atoms. The Kier molecular flexibility index (Phi) is 4.98. The van der Waals surface area contributed by atoms with Gasteiger partial charge in [-0.3, -0.25) is 14.9 Å². The first-order chi connectivity index (χ1) is 8.99. The lowest BCUT2D eigenvalue weighted by atomic mass is 10.4. The van der Waals surface area contributed by atoms with Crippen LogP contribution < -0.4 is 16.0 Å². The molecule has 0 saturated heterocycles. The van der Waals surface area contributed by atoms with Crippen molar-refractivity contribution >= 4 is 23.4 Å². The Morgan fingerprint density at radius 1 is 1.58 bits per heavy atom. The van der Waals surface area contributed by atoms with Crippen molar-refractivity contribution in [2.45, 2.75) is 13.8 Å². The second-order valence-electron chi connectivity index (χ2n) is 3.66. The number of likely N-dealkylation sites (N-methyl/N-ethyl adjacent to an activating group) is 2. The third-order valence-corrected chi connectivity index (χ3v) is 2.36. The average molecular weight is 268 g/mol. The highest BCUT2D eigenvalue weighted by molar-refractivity contribution is 5.81. The first-order valence-corrected chi connectivity index (χ1v) is 5.78. The fourth-order valence-corrected chi connectivity index (χ4v) is 1.50. The fraction of sp³-hybridized carbons (Fsp3) is 0.500. The monoisotopic (exact) mass is 268 g/mol. The zero-order chi connectivity index (χ0) is 14.4. The number of aromatic nitrogens is 2. The van der Waals surface area contributed by atoms with Crippen LogP contribution >= 0.6 is 0 Å². The summed E-state index contributed by atoms with van der Waals surface area (Å²) in [4.78, 5) is 30.8. The molecule has 104 valence electrons. The summed E-state index contributed by atoms with van der Waals surface area (Å²) >= 11 is 0. The molecule has 0 unspecified atom stereocenters. The molecular weight excluding hydrogens is 252 g/mol. The van der Waals surface area contributed by atoms with E-state index in [1.165, 1.54) is 4.90 Å². The predicted molar refractivity (Wildman–Crippen MR) is 69.7 cm³/mol. The normalized spacial score (nSPS) is 10.0. The topological polar surface area (TPSA) is 127 Å². The summed E-state index contributed by atoms with van der Waals surface area (Å²) in [5.41, 5.74) is 5.16. The van der Waals surface area contributed by atoms with Crippen molar-refractivity contribution in [1.29, 1.82) is 0 Å². The van der Waals surface area contributed by atoms with Crippen LogP contribution in [0.3, 0.4) is 0 Å². The Balaban J connectivity index is 3.06. The van der Waals surface area contributed by atoms with Gasteiger partial charge in [0.05, 0.1) is 11.5 Å². The molecule has 1 rings (SSSR count). The molecular formula is C10H16N6O3. The number of hydrogen-bond acceptors (Lipinski definition) is 7. The van der Waals surface area contributed by atoms with Gasteiger partial charge in [0.15, 0.2) is 0 Å². The van der Waals surface area contributed by atoms with Crippen LogP contribution in [0, 0.1) is 10.1 Å². The Morgan fingerprint density at radius 3 is 2.79 bits per heavy atom. The van der Waals surface area contributed by atoms with Crippen molar-refractivity contribution in [2.24, 2.45) is 0 Å². The number of carbonyl (C=O) groups excluding carboxylic acids is 1. The van der Waals surface area contributed by atoms with Crippen LogP contribution in [0.2, 0.25) is 0 Å². The molecule has 9 heteroatoms. The Bertz CT molecular complexity index is 478. The lowest BCUT2D eigenvalue weighted by molar-refractivity contribution is -0.384. The molecule has 0 aliphatic rings. The minimum atomic E-state index is -0.602. The molecule has 0 fully saturated rings. The number of carbonyl (C=O) groups is 1. The van der Waals surface area contributed by atoms with Gasteiger partial charge in [-0.1, -0.05) is 0 Å².